The predicted molar refractivity (Wildman–Crippen MR) is 98.7 cm³/mol. The highest BCUT2D eigenvalue weighted by Crippen LogP contribution is 2.22. The number of aliphatic hydroxyl groups excluding tert-OH is 1. The number of carbonyl (C=O) groups excluding carboxylic acids is 2. The maximum Gasteiger partial charge on any atom is 0.261 e. The number of fused-ring (bicyclic) bond motifs is 1. The summed E-state index contributed by atoms with van der Waals surface area (Å²) in [6.45, 7) is -0.188. The van der Waals surface area contributed by atoms with Crippen molar-refractivity contribution in [2.75, 3.05) is 12.3 Å². The molecule has 27 heavy (non-hydrogen) atoms. The number of imide groups is 1. The van der Waals surface area contributed by atoms with Crippen molar-refractivity contribution >= 4 is 21.7 Å². The Morgan fingerprint density at radius 2 is 1.44 bits per heavy atom. The van der Waals surface area contributed by atoms with Crippen LogP contribution in [-0.4, -0.2) is 48.6 Å². The summed E-state index contributed by atoms with van der Waals surface area (Å²) in [6.07, 6.45) is -1.10. The Morgan fingerprint density at radius 1 is 0.889 bits per heavy atom. The largest absolute Gasteiger partial charge is 0.390 e. The first-order valence-electron chi connectivity index (χ1n) is 8.27. The predicted octanol–water partition coefficient (Wildman–Crippen LogP) is 1.51. The van der Waals surface area contributed by atoms with E-state index in [0.29, 0.717) is 11.1 Å². The standard InChI is InChI=1S/C20H17NO5S/c22-15(8-6-7-13-27(25,26)16-9-2-1-3-10-16)14-21-19(23)17-11-4-5-12-18(17)20(21)24/h1-5,9-12,15,22H,8,13-14H2. The molecule has 1 heterocycles. The van der Waals surface area contributed by atoms with Crippen molar-refractivity contribution in [1.82, 2.24) is 4.90 Å². The molecule has 7 heteroatoms. The van der Waals surface area contributed by atoms with Gasteiger partial charge < -0.3 is 5.11 Å². The van der Waals surface area contributed by atoms with Gasteiger partial charge in [-0.2, -0.15) is 0 Å². The van der Waals surface area contributed by atoms with Crippen LogP contribution in [0.2, 0.25) is 0 Å². The van der Waals surface area contributed by atoms with E-state index >= 15 is 0 Å². The minimum Gasteiger partial charge on any atom is -0.390 e. The molecule has 0 aromatic heterocycles. The van der Waals surface area contributed by atoms with Gasteiger partial charge in [0.1, 0.15) is 5.75 Å². The van der Waals surface area contributed by atoms with Crippen molar-refractivity contribution in [3.05, 3.63) is 65.7 Å². The first-order valence-corrected chi connectivity index (χ1v) is 9.92. The first kappa shape index (κ1) is 18.8. The van der Waals surface area contributed by atoms with Gasteiger partial charge in [-0.1, -0.05) is 42.2 Å². The van der Waals surface area contributed by atoms with Crippen molar-refractivity contribution in [3.63, 3.8) is 0 Å². The van der Waals surface area contributed by atoms with E-state index in [2.05, 4.69) is 11.8 Å². The lowest BCUT2D eigenvalue weighted by atomic mass is 10.1. The van der Waals surface area contributed by atoms with Crippen LogP contribution in [0.3, 0.4) is 0 Å². The van der Waals surface area contributed by atoms with Crippen molar-refractivity contribution in [2.24, 2.45) is 0 Å². The van der Waals surface area contributed by atoms with E-state index in [1.807, 2.05) is 0 Å². The Bertz CT molecular complexity index is 1000. The summed E-state index contributed by atoms with van der Waals surface area (Å²) >= 11 is 0. The Morgan fingerprint density at radius 3 is 2.04 bits per heavy atom. The number of nitrogens with zero attached hydrogens (tertiary/aromatic N) is 1. The zero-order chi connectivity index (χ0) is 19.4. The number of benzene rings is 2. The Kier molecular flexibility index (Phi) is 5.40. The van der Waals surface area contributed by atoms with Gasteiger partial charge in [0.2, 0.25) is 0 Å². The zero-order valence-electron chi connectivity index (χ0n) is 14.3. The molecule has 3 rings (SSSR count). The molecule has 2 aromatic rings. The molecule has 0 saturated carbocycles. The third-order valence-corrected chi connectivity index (χ3v) is 5.61. The van der Waals surface area contributed by atoms with E-state index in [0.717, 1.165) is 4.90 Å². The van der Waals surface area contributed by atoms with Crippen LogP contribution < -0.4 is 0 Å². The highest BCUT2D eigenvalue weighted by Gasteiger charge is 2.35. The fourth-order valence-electron chi connectivity index (χ4n) is 2.73. The number of rotatable bonds is 5. The van der Waals surface area contributed by atoms with Crippen molar-refractivity contribution < 1.29 is 23.1 Å². The van der Waals surface area contributed by atoms with Crippen LogP contribution in [0.15, 0.2) is 59.5 Å². The molecule has 1 aliphatic rings. The van der Waals surface area contributed by atoms with E-state index in [4.69, 9.17) is 0 Å². The Labute approximate surface area is 157 Å². The smallest absolute Gasteiger partial charge is 0.261 e. The van der Waals surface area contributed by atoms with Gasteiger partial charge in [-0.25, -0.2) is 8.42 Å². The molecule has 0 aliphatic carbocycles. The second kappa shape index (κ2) is 7.74. The molecule has 0 spiro atoms. The summed E-state index contributed by atoms with van der Waals surface area (Å²) in [5.41, 5.74) is 0.629. The molecule has 0 saturated heterocycles. The number of β-amino-alcohol motifs (C(OH)–C–C–N with tert-alkyl or cyclic N) is 1. The van der Waals surface area contributed by atoms with E-state index in [1.165, 1.54) is 12.1 Å². The van der Waals surface area contributed by atoms with Gasteiger partial charge in [0.25, 0.3) is 11.8 Å². The lowest BCUT2D eigenvalue weighted by Gasteiger charge is -2.16. The number of amides is 2. The summed E-state index contributed by atoms with van der Waals surface area (Å²) in [5, 5.41) is 10.1. The van der Waals surface area contributed by atoms with E-state index < -0.39 is 27.8 Å². The van der Waals surface area contributed by atoms with Gasteiger partial charge in [-0.05, 0) is 24.3 Å². The maximum absolute atomic E-state index is 12.2. The lowest BCUT2D eigenvalue weighted by Crippen LogP contribution is -2.36. The second-order valence-electron chi connectivity index (χ2n) is 6.05. The highest BCUT2D eigenvalue weighted by atomic mass is 32.2. The molecule has 6 nitrogen and oxygen atoms in total. The van der Waals surface area contributed by atoms with Crippen LogP contribution in [0, 0.1) is 11.8 Å². The monoisotopic (exact) mass is 383 g/mol. The average Bonchev–Trinajstić information content (AvgIpc) is 2.91. The van der Waals surface area contributed by atoms with Crippen LogP contribution in [0.4, 0.5) is 0 Å². The van der Waals surface area contributed by atoms with Gasteiger partial charge in [-0.3, -0.25) is 14.5 Å². The van der Waals surface area contributed by atoms with Crippen molar-refractivity contribution in [3.8, 4) is 11.8 Å². The topological polar surface area (TPSA) is 91.8 Å². The van der Waals surface area contributed by atoms with Gasteiger partial charge in [0.05, 0.1) is 28.7 Å². The van der Waals surface area contributed by atoms with Gasteiger partial charge in [-0.15, -0.1) is 0 Å². The average molecular weight is 383 g/mol. The zero-order valence-corrected chi connectivity index (χ0v) is 15.1. The fourth-order valence-corrected chi connectivity index (χ4v) is 3.76. The number of hydrogen-bond acceptors (Lipinski definition) is 5. The Hall–Kier alpha value is -2.95. The molecule has 0 fully saturated rings. The summed E-state index contributed by atoms with van der Waals surface area (Å²) < 4.78 is 24.2. The van der Waals surface area contributed by atoms with Crippen molar-refractivity contribution in [2.45, 2.75) is 17.4 Å². The van der Waals surface area contributed by atoms with E-state index in [-0.39, 0.29) is 23.6 Å². The summed E-state index contributed by atoms with van der Waals surface area (Å²) in [5.74, 6) is 3.88. The molecule has 138 valence electrons. The molecule has 2 amide bonds. The Balaban J connectivity index is 1.57. The second-order valence-corrected chi connectivity index (χ2v) is 8.04. The molecule has 1 aliphatic heterocycles. The molecular formula is C20H17NO5S. The van der Waals surface area contributed by atoms with E-state index in [1.54, 1.807) is 42.5 Å². The molecule has 2 aromatic carbocycles. The third kappa shape index (κ3) is 4.08. The summed E-state index contributed by atoms with van der Waals surface area (Å²) in [4.78, 5) is 25.6. The number of carbonyl (C=O) groups is 2. The molecule has 0 bridgehead atoms. The SMILES string of the molecule is O=C1c2ccccc2C(=O)N1CC(O)CC#CCS(=O)(=O)c1ccccc1. The maximum atomic E-state index is 12.2. The summed E-state index contributed by atoms with van der Waals surface area (Å²) in [6, 6.07) is 14.4. The normalized spacial score (nSPS) is 14.5. The first-order chi connectivity index (χ1) is 12.9. The van der Waals surface area contributed by atoms with Crippen molar-refractivity contribution in [1.29, 1.82) is 0 Å². The van der Waals surface area contributed by atoms with Gasteiger partial charge in [0.15, 0.2) is 9.84 Å². The fraction of sp³-hybridized carbons (Fsp3) is 0.200. The summed E-state index contributed by atoms with van der Waals surface area (Å²) in [7, 11) is -3.51. The lowest BCUT2D eigenvalue weighted by molar-refractivity contribution is 0.0549. The molecule has 1 atom stereocenters. The van der Waals surface area contributed by atoms with Gasteiger partial charge in [0, 0.05) is 6.42 Å². The number of hydrogen-bond donors (Lipinski definition) is 1. The van der Waals surface area contributed by atoms with E-state index in [9.17, 15) is 23.1 Å². The molecular weight excluding hydrogens is 366 g/mol. The van der Waals surface area contributed by atoms with Crippen LogP contribution >= 0.6 is 0 Å². The quantitative estimate of drug-likeness (QED) is 0.624. The molecule has 1 unspecified atom stereocenters. The highest BCUT2D eigenvalue weighted by molar-refractivity contribution is 7.91. The number of aliphatic hydroxyl groups is 1. The number of sulfone groups is 1. The van der Waals surface area contributed by atoms with Crippen LogP contribution in [0.5, 0.6) is 0 Å². The molecule has 0 radical (unpaired) electrons. The minimum absolute atomic E-state index is 0.0439. The molecule has 1 N–H and O–H groups in total. The minimum atomic E-state index is -3.51. The van der Waals surface area contributed by atoms with Crippen LogP contribution in [0.25, 0.3) is 0 Å². The van der Waals surface area contributed by atoms with Crippen LogP contribution in [0.1, 0.15) is 27.1 Å². The van der Waals surface area contributed by atoms with Crippen LogP contribution in [-0.2, 0) is 9.84 Å². The van der Waals surface area contributed by atoms with Gasteiger partial charge >= 0.3 is 0 Å². The third-order valence-electron chi connectivity index (χ3n) is 4.10.